The van der Waals surface area contributed by atoms with Crippen molar-refractivity contribution in [2.24, 2.45) is 5.73 Å². The van der Waals surface area contributed by atoms with E-state index in [4.69, 9.17) is 10.5 Å². The van der Waals surface area contributed by atoms with Gasteiger partial charge in [0.15, 0.2) is 11.6 Å². The molecule has 1 unspecified atom stereocenters. The Hall–Kier alpha value is -1.92. The number of ether oxygens (including phenoxy) is 1. The number of nitrogens with two attached hydrogens (primary N) is 1. The predicted molar refractivity (Wildman–Crippen MR) is 76.2 cm³/mol. The molecule has 0 radical (unpaired) electrons. The molecule has 2 aromatic carbocycles. The largest absolute Gasteiger partial charge is 0.454 e. The van der Waals surface area contributed by atoms with Crippen LogP contribution in [0.15, 0.2) is 40.9 Å². The van der Waals surface area contributed by atoms with Crippen molar-refractivity contribution in [1.82, 2.24) is 0 Å². The van der Waals surface area contributed by atoms with E-state index in [9.17, 15) is 9.18 Å². The average molecular weight is 337 g/mol. The number of halogens is 2. The Balaban J connectivity index is 1.90. The summed E-state index contributed by atoms with van der Waals surface area (Å²) in [4.78, 5) is 11.5. The summed E-state index contributed by atoms with van der Waals surface area (Å²) in [6.45, 7) is 0. The standard InChI is InChI=1S/C14H10BrFN2O2/c15-7-1-4-12(10(16)5-7)20-8-2-3-9-11(6-8)18-14(19)13(9)17/h1-6,13H,17H2,(H,18,19). The highest BCUT2D eigenvalue weighted by Gasteiger charge is 2.27. The molecular weight excluding hydrogens is 327 g/mol. The Morgan fingerprint density at radius 1 is 1.25 bits per heavy atom. The minimum Gasteiger partial charge on any atom is -0.454 e. The molecule has 0 saturated carbocycles. The molecule has 0 bridgehead atoms. The van der Waals surface area contributed by atoms with Crippen LogP contribution in [-0.4, -0.2) is 5.91 Å². The summed E-state index contributed by atoms with van der Waals surface area (Å²) in [6.07, 6.45) is 0. The third kappa shape index (κ3) is 2.28. The maximum Gasteiger partial charge on any atom is 0.245 e. The number of rotatable bonds is 2. The molecule has 0 spiro atoms. The van der Waals surface area contributed by atoms with E-state index in [-0.39, 0.29) is 11.7 Å². The van der Waals surface area contributed by atoms with E-state index in [1.807, 2.05) is 0 Å². The van der Waals surface area contributed by atoms with Crippen LogP contribution in [-0.2, 0) is 4.79 Å². The lowest BCUT2D eigenvalue weighted by molar-refractivity contribution is -0.116. The van der Waals surface area contributed by atoms with Crippen LogP contribution in [0.3, 0.4) is 0 Å². The molecule has 2 aromatic rings. The van der Waals surface area contributed by atoms with Crippen LogP contribution in [0.5, 0.6) is 11.5 Å². The minimum absolute atomic E-state index is 0.113. The van der Waals surface area contributed by atoms with Crippen LogP contribution in [0.2, 0.25) is 0 Å². The molecule has 0 aromatic heterocycles. The van der Waals surface area contributed by atoms with Gasteiger partial charge < -0.3 is 15.8 Å². The van der Waals surface area contributed by atoms with Crippen LogP contribution in [0.1, 0.15) is 11.6 Å². The smallest absolute Gasteiger partial charge is 0.245 e. The SMILES string of the molecule is NC1C(=O)Nc2cc(Oc3ccc(Br)cc3F)ccc21. The van der Waals surface area contributed by atoms with Gasteiger partial charge in [-0.2, -0.15) is 0 Å². The number of hydrogen-bond acceptors (Lipinski definition) is 3. The molecule has 4 nitrogen and oxygen atoms in total. The fourth-order valence-electron chi connectivity index (χ4n) is 2.01. The zero-order chi connectivity index (χ0) is 14.3. The van der Waals surface area contributed by atoms with E-state index in [0.717, 1.165) is 0 Å². The van der Waals surface area contributed by atoms with Crippen molar-refractivity contribution in [2.45, 2.75) is 6.04 Å². The molecule has 0 saturated heterocycles. The number of nitrogens with one attached hydrogen (secondary N) is 1. The van der Waals surface area contributed by atoms with Crippen LogP contribution in [0.25, 0.3) is 0 Å². The molecule has 1 aliphatic heterocycles. The summed E-state index contributed by atoms with van der Waals surface area (Å²) in [5, 5.41) is 2.65. The summed E-state index contributed by atoms with van der Waals surface area (Å²) in [5.74, 6) is -0.186. The Morgan fingerprint density at radius 3 is 2.80 bits per heavy atom. The van der Waals surface area contributed by atoms with Gasteiger partial charge in [0.05, 0.1) is 0 Å². The van der Waals surface area contributed by atoms with Crippen molar-refractivity contribution >= 4 is 27.5 Å². The minimum atomic E-state index is -0.663. The number of hydrogen-bond donors (Lipinski definition) is 2. The fraction of sp³-hybridized carbons (Fsp3) is 0.0714. The van der Waals surface area contributed by atoms with Gasteiger partial charge in [-0.25, -0.2) is 4.39 Å². The Kier molecular flexibility index (Phi) is 3.19. The molecular formula is C14H10BrFN2O2. The second-order valence-corrected chi connectivity index (χ2v) is 5.31. The molecule has 0 aliphatic carbocycles. The fourth-order valence-corrected chi connectivity index (χ4v) is 2.35. The van der Waals surface area contributed by atoms with Crippen molar-refractivity contribution in [3.05, 3.63) is 52.3 Å². The van der Waals surface area contributed by atoms with Gasteiger partial charge >= 0.3 is 0 Å². The van der Waals surface area contributed by atoms with E-state index in [2.05, 4.69) is 21.2 Å². The first-order valence-corrected chi connectivity index (χ1v) is 6.67. The topological polar surface area (TPSA) is 64.4 Å². The molecule has 1 heterocycles. The lowest BCUT2D eigenvalue weighted by Gasteiger charge is -2.09. The zero-order valence-electron chi connectivity index (χ0n) is 10.2. The lowest BCUT2D eigenvalue weighted by Crippen LogP contribution is -2.19. The molecule has 3 N–H and O–H groups in total. The molecule has 1 aliphatic rings. The van der Waals surface area contributed by atoms with Gasteiger partial charge in [0, 0.05) is 21.8 Å². The predicted octanol–water partition coefficient (Wildman–Crippen LogP) is 3.33. The van der Waals surface area contributed by atoms with Crippen LogP contribution in [0.4, 0.5) is 10.1 Å². The summed E-state index contributed by atoms with van der Waals surface area (Å²) < 4.78 is 19.8. The van der Waals surface area contributed by atoms with Gasteiger partial charge in [0.1, 0.15) is 11.8 Å². The number of carbonyl (C=O) groups is 1. The van der Waals surface area contributed by atoms with Crippen molar-refractivity contribution < 1.29 is 13.9 Å². The zero-order valence-corrected chi connectivity index (χ0v) is 11.8. The number of amides is 1. The Morgan fingerprint density at radius 2 is 2.05 bits per heavy atom. The van der Waals surface area contributed by atoms with Crippen LogP contribution in [0, 0.1) is 5.82 Å². The first-order valence-electron chi connectivity index (χ1n) is 5.88. The summed E-state index contributed by atoms with van der Waals surface area (Å²) in [6, 6.07) is 8.84. The number of fused-ring (bicyclic) bond motifs is 1. The van der Waals surface area contributed by atoms with Gasteiger partial charge in [0.2, 0.25) is 5.91 Å². The van der Waals surface area contributed by atoms with Crippen molar-refractivity contribution in [3.63, 3.8) is 0 Å². The van der Waals surface area contributed by atoms with Crippen LogP contribution < -0.4 is 15.8 Å². The third-order valence-electron chi connectivity index (χ3n) is 3.02. The van der Waals surface area contributed by atoms with E-state index < -0.39 is 11.9 Å². The molecule has 3 rings (SSSR count). The van der Waals surface area contributed by atoms with Crippen molar-refractivity contribution in [2.75, 3.05) is 5.32 Å². The maximum atomic E-state index is 13.7. The van der Waals surface area contributed by atoms with E-state index >= 15 is 0 Å². The highest BCUT2D eigenvalue weighted by atomic mass is 79.9. The lowest BCUT2D eigenvalue weighted by atomic mass is 10.1. The molecule has 0 fully saturated rings. The van der Waals surface area contributed by atoms with E-state index in [1.54, 1.807) is 24.3 Å². The van der Waals surface area contributed by atoms with E-state index in [0.29, 0.717) is 21.5 Å². The van der Waals surface area contributed by atoms with Gasteiger partial charge in [-0.3, -0.25) is 4.79 Å². The number of anilines is 1. The Labute approximate surface area is 122 Å². The summed E-state index contributed by atoms with van der Waals surface area (Å²) in [5.41, 5.74) is 7.02. The molecule has 102 valence electrons. The molecule has 1 atom stereocenters. The van der Waals surface area contributed by atoms with Gasteiger partial charge in [-0.05, 0) is 24.3 Å². The second kappa shape index (κ2) is 4.88. The normalized spacial score (nSPS) is 16.8. The van der Waals surface area contributed by atoms with Crippen molar-refractivity contribution in [1.29, 1.82) is 0 Å². The summed E-state index contributed by atoms with van der Waals surface area (Å²) in [7, 11) is 0. The van der Waals surface area contributed by atoms with Gasteiger partial charge in [-0.15, -0.1) is 0 Å². The van der Waals surface area contributed by atoms with Gasteiger partial charge in [0.25, 0.3) is 0 Å². The summed E-state index contributed by atoms with van der Waals surface area (Å²) >= 11 is 3.18. The third-order valence-corrected chi connectivity index (χ3v) is 3.52. The quantitative estimate of drug-likeness (QED) is 0.884. The maximum absolute atomic E-state index is 13.7. The Bertz CT molecular complexity index is 706. The highest BCUT2D eigenvalue weighted by Crippen LogP contribution is 2.34. The van der Waals surface area contributed by atoms with E-state index in [1.165, 1.54) is 12.1 Å². The second-order valence-electron chi connectivity index (χ2n) is 4.39. The van der Waals surface area contributed by atoms with Crippen LogP contribution >= 0.6 is 15.9 Å². The number of carbonyl (C=O) groups excluding carboxylic acids is 1. The monoisotopic (exact) mass is 336 g/mol. The molecule has 6 heteroatoms. The molecule has 1 amide bonds. The van der Waals surface area contributed by atoms with Gasteiger partial charge in [-0.1, -0.05) is 22.0 Å². The highest BCUT2D eigenvalue weighted by molar-refractivity contribution is 9.10. The number of benzene rings is 2. The first-order chi connectivity index (χ1) is 9.54. The molecule has 20 heavy (non-hydrogen) atoms. The first kappa shape index (κ1) is 13.1. The average Bonchev–Trinajstić information content (AvgIpc) is 2.68. The van der Waals surface area contributed by atoms with Crippen molar-refractivity contribution in [3.8, 4) is 11.5 Å².